The molecule has 0 aliphatic heterocycles. The molecule has 4 heteroatoms. The fourth-order valence-electron chi connectivity index (χ4n) is 1.85. The van der Waals surface area contributed by atoms with E-state index in [9.17, 15) is 0 Å². The lowest BCUT2D eigenvalue weighted by Crippen LogP contribution is -2.05. The molecule has 0 aliphatic rings. The van der Waals surface area contributed by atoms with Gasteiger partial charge in [0.15, 0.2) is 0 Å². The molecule has 0 bridgehead atoms. The van der Waals surface area contributed by atoms with Crippen molar-refractivity contribution in [2.45, 2.75) is 24.8 Å². The second kappa shape index (κ2) is 6.84. The van der Waals surface area contributed by atoms with Gasteiger partial charge in [0.25, 0.3) is 0 Å². The lowest BCUT2D eigenvalue weighted by molar-refractivity contribution is 0.242. The number of benzene rings is 2. The number of alkyl halides is 1. The Morgan fingerprint density at radius 3 is 2.05 bits per heavy atom. The number of ether oxygens (including phenoxy) is 1. The molecule has 0 saturated heterocycles. The molecule has 1 nitrogen and oxygen atoms in total. The standard InChI is InChI=1S/C16H15BrCl2O/c1-10(2)20-13-6-3-11(4-7-13)16(17)12-5-8-14(18)15(19)9-12/h3-10,16H,1-2H3. The fourth-order valence-corrected chi connectivity index (χ4v) is 2.75. The van der Waals surface area contributed by atoms with Crippen molar-refractivity contribution < 1.29 is 4.74 Å². The summed E-state index contributed by atoms with van der Waals surface area (Å²) in [6.45, 7) is 4.02. The first-order chi connectivity index (χ1) is 9.47. The van der Waals surface area contributed by atoms with E-state index in [0.29, 0.717) is 10.0 Å². The summed E-state index contributed by atoms with van der Waals surface area (Å²) in [6, 6.07) is 13.7. The van der Waals surface area contributed by atoms with Gasteiger partial charge in [0.1, 0.15) is 5.75 Å². The van der Waals surface area contributed by atoms with Crippen molar-refractivity contribution in [1.29, 1.82) is 0 Å². The van der Waals surface area contributed by atoms with Gasteiger partial charge in [-0.15, -0.1) is 0 Å². The van der Waals surface area contributed by atoms with Crippen LogP contribution < -0.4 is 4.74 Å². The molecule has 0 saturated carbocycles. The summed E-state index contributed by atoms with van der Waals surface area (Å²) in [5, 5.41) is 1.13. The van der Waals surface area contributed by atoms with Crippen molar-refractivity contribution in [2.24, 2.45) is 0 Å². The molecule has 2 aromatic rings. The zero-order valence-corrected chi connectivity index (χ0v) is 14.3. The largest absolute Gasteiger partial charge is 0.491 e. The van der Waals surface area contributed by atoms with Gasteiger partial charge in [-0.1, -0.05) is 57.3 Å². The maximum Gasteiger partial charge on any atom is 0.119 e. The Bertz CT molecular complexity index is 582. The number of halogens is 3. The van der Waals surface area contributed by atoms with Crippen molar-refractivity contribution in [3.63, 3.8) is 0 Å². The van der Waals surface area contributed by atoms with E-state index in [1.165, 1.54) is 0 Å². The Hall–Kier alpha value is -0.700. The van der Waals surface area contributed by atoms with Gasteiger partial charge in [-0.2, -0.15) is 0 Å². The summed E-state index contributed by atoms with van der Waals surface area (Å²) in [5.74, 6) is 0.873. The van der Waals surface area contributed by atoms with E-state index in [1.54, 1.807) is 0 Å². The minimum absolute atomic E-state index is 0.0744. The van der Waals surface area contributed by atoms with Crippen LogP contribution in [-0.4, -0.2) is 6.10 Å². The van der Waals surface area contributed by atoms with E-state index in [0.717, 1.165) is 16.9 Å². The predicted molar refractivity (Wildman–Crippen MR) is 89.4 cm³/mol. The average Bonchev–Trinajstić information content (AvgIpc) is 2.41. The summed E-state index contributed by atoms with van der Waals surface area (Å²) in [6.07, 6.45) is 0.177. The average molecular weight is 374 g/mol. The topological polar surface area (TPSA) is 9.23 Å². The Labute approximate surface area is 138 Å². The van der Waals surface area contributed by atoms with Gasteiger partial charge in [-0.25, -0.2) is 0 Å². The second-order valence-electron chi connectivity index (χ2n) is 4.77. The molecule has 1 unspecified atom stereocenters. The first-order valence-electron chi connectivity index (χ1n) is 6.33. The zero-order valence-electron chi connectivity index (χ0n) is 11.2. The third-order valence-corrected chi connectivity index (χ3v) is 4.58. The summed E-state index contributed by atoms with van der Waals surface area (Å²) in [7, 11) is 0. The van der Waals surface area contributed by atoms with Crippen molar-refractivity contribution in [3.8, 4) is 5.75 Å². The molecule has 20 heavy (non-hydrogen) atoms. The van der Waals surface area contributed by atoms with Crippen LogP contribution in [0.2, 0.25) is 10.0 Å². The van der Waals surface area contributed by atoms with Crippen LogP contribution in [0.3, 0.4) is 0 Å². The van der Waals surface area contributed by atoms with Crippen molar-refractivity contribution >= 4 is 39.1 Å². The van der Waals surface area contributed by atoms with Gasteiger partial charge < -0.3 is 4.74 Å². The van der Waals surface area contributed by atoms with Crippen molar-refractivity contribution in [2.75, 3.05) is 0 Å². The first kappa shape index (κ1) is 15.7. The van der Waals surface area contributed by atoms with Gasteiger partial charge in [0.2, 0.25) is 0 Å². The molecule has 106 valence electrons. The highest BCUT2D eigenvalue weighted by Crippen LogP contribution is 2.34. The number of hydrogen-bond acceptors (Lipinski definition) is 1. The van der Waals surface area contributed by atoms with Crippen LogP contribution in [-0.2, 0) is 0 Å². The predicted octanol–water partition coefficient (Wildman–Crippen LogP) is 6.26. The normalized spacial score (nSPS) is 12.5. The fraction of sp³-hybridized carbons (Fsp3) is 0.250. The lowest BCUT2D eigenvalue weighted by atomic mass is 10.0. The van der Waals surface area contributed by atoms with E-state index in [-0.39, 0.29) is 10.9 Å². The molecule has 0 aliphatic carbocycles. The summed E-state index contributed by atoms with van der Waals surface area (Å²) < 4.78 is 5.64. The monoisotopic (exact) mass is 372 g/mol. The maximum atomic E-state index is 6.06. The third-order valence-electron chi connectivity index (χ3n) is 2.78. The molecule has 2 aromatic carbocycles. The van der Waals surface area contributed by atoms with E-state index in [1.807, 2.05) is 56.3 Å². The van der Waals surface area contributed by atoms with Gasteiger partial charge in [0, 0.05) is 0 Å². The molecule has 0 radical (unpaired) electrons. The van der Waals surface area contributed by atoms with Crippen LogP contribution in [0.15, 0.2) is 42.5 Å². The third kappa shape index (κ3) is 3.91. The molecule has 0 fully saturated rings. The highest BCUT2D eigenvalue weighted by Gasteiger charge is 2.12. The van der Waals surface area contributed by atoms with Crippen LogP contribution in [0.1, 0.15) is 29.8 Å². The van der Waals surface area contributed by atoms with E-state index >= 15 is 0 Å². The van der Waals surface area contributed by atoms with Gasteiger partial charge in [-0.05, 0) is 49.2 Å². The molecular weight excluding hydrogens is 359 g/mol. The highest BCUT2D eigenvalue weighted by molar-refractivity contribution is 9.09. The Morgan fingerprint density at radius 2 is 1.50 bits per heavy atom. The Balaban J connectivity index is 2.20. The van der Waals surface area contributed by atoms with Gasteiger partial charge in [-0.3, -0.25) is 0 Å². The number of rotatable bonds is 4. The van der Waals surface area contributed by atoms with Gasteiger partial charge in [0.05, 0.1) is 21.0 Å². The summed E-state index contributed by atoms with van der Waals surface area (Å²) >= 11 is 15.7. The SMILES string of the molecule is CC(C)Oc1ccc(C(Br)c2ccc(Cl)c(Cl)c2)cc1. The highest BCUT2D eigenvalue weighted by atomic mass is 79.9. The molecule has 0 spiro atoms. The second-order valence-corrected chi connectivity index (χ2v) is 6.50. The van der Waals surface area contributed by atoms with Crippen molar-refractivity contribution in [3.05, 3.63) is 63.6 Å². The quantitative estimate of drug-likeness (QED) is 0.574. The van der Waals surface area contributed by atoms with Crippen LogP contribution in [0, 0.1) is 0 Å². The molecule has 1 atom stereocenters. The minimum Gasteiger partial charge on any atom is -0.491 e. The number of hydrogen-bond donors (Lipinski definition) is 0. The molecular formula is C16H15BrCl2O. The van der Waals surface area contributed by atoms with E-state index in [4.69, 9.17) is 27.9 Å². The molecule has 0 amide bonds. The molecule has 0 aromatic heterocycles. The first-order valence-corrected chi connectivity index (χ1v) is 8.00. The molecule has 2 rings (SSSR count). The van der Waals surface area contributed by atoms with Crippen LogP contribution >= 0.6 is 39.1 Å². The van der Waals surface area contributed by atoms with Gasteiger partial charge >= 0.3 is 0 Å². The van der Waals surface area contributed by atoms with Crippen LogP contribution in [0.4, 0.5) is 0 Å². The molecule has 0 N–H and O–H groups in total. The minimum atomic E-state index is 0.0744. The van der Waals surface area contributed by atoms with Crippen LogP contribution in [0.25, 0.3) is 0 Å². The maximum absolute atomic E-state index is 6.06. The summed E-state index contributed by atoms with van der Waals surface area (Å²) in [4.78, 5) is 0.0744. The van der Waals surface area contributed by atoms with E-state index in [2.05, 4.69) is 15.9 Å². The Kier molecular flexibility index (Phi) is 5.36. The molecule has 0 heterocycles. The van der Waals surface area contributed by atoms with Crippen molar-refractivity contribution in [1.82, 2.24) is 0 Å². The Morgan fingerprint density at radius 1 is 0.900 bits per heavy atom. The smallest absolute Gasteiger partial charge is 0.119 e. The van der Waals surface area contributed by atoms with Crippen LogP contribution in [0.5, 0.6) is 5.75 Å². The summed E-state index contributed by atoms with van der Waals surface area (Å²) in [5.41, 5.74) is 2.21. The van der Waals surface area contributed by atoms with E-state index < -0.39 is 0 Å². The lowest BCUT2D eigenvalue weighted by Gasteiger charge is -2.14. The zero-order chi connectivity index (χ0) is 14.7.